The van der Waals surface area contributed by atoms with Crippen LogP contribution in [0.2, 0.25) is 0 Å². The zero-order valence-electron chi connectivity index (χ0n) is 14.5. The Hall–Kier alpha value is -2.54. The van der Waals surface area contributed by atoms with Crippen molar-refractivity contribution in [2.75, 3.05) is 11.0 Å². The average Bonchev–Trinajstić information content (AvgIpc) is 2.51. The highest BCUT2D eigenvalue weighted by molar-refractivity contribution is 7.92. The van der Waals surface area contributed by atoms with Crippen molar-refractivity contribution in [3.8, 4) is 0 Å². The van der Waals surface area contributed by atoms with E-state index in [9.17, 15) is 13.2 Å². The van der Waals surface area contributed by atoms with E-state index < -0.39 is 10.0 Å². The fourth-order valence-corrected chi connectivity index (χ4v) is 2.98. The zero-order valence-corrected chi connectivity index (χ0v) is 15.4. The van der Waals surface area contributed by atoms with E-state index >= 15 is 0 Å². The van der Waals surface area contributed by atoms with Crippen LogP contribution in [0, 0.1) is 6.92 Å². The lowest BCUT2D eigenvalue weighted by atomic mass is 10.1. The van der Waals surface area contributed by atoms with Crippen molar-refractivity contribution in [3.63, 3.8) is 0 Å². The predicted molar refractivity (Wildman–Crippen MR) is 99.9 cm³/mol. The van der Waals surface area contributed by atoms with Crippen molar-refractivity contribution in [2.24, 2.45) is 0 Å². The number of carbonyl (C=O) groups is 1. The number of rotatable bonds is 6. The molecule has 2 aromatic carbocycles. The van der Waals surface area contributed by atoms with Crippen molar-refractivity contribution >= 4 is 21.7 Å². The second-order valence-electron chi connectivity index (χ2n) is 6.04. The third kappa shape index (κ3) is 6.46. The van der Waals surface area contributed by atoms with Gasteiger partial charge < -0.3 is 10.6 Å². The summed E-state index contributed by atoms with van der Waals surface area (Å²) in [6, 6.07) is 14.3. The SMILES string of the molecule is Cc1cccc(CNC(=O)NC(C)c2cccc(NS(C)(=O)=O)c2)c1. The zero-order chi connectivity index (χ0) is 18.4. The van der Waals surface area contributed by atoms with Crippen LogP contribution in [0.1, 0.15) is 29.7 Å². The van der Waals surface area contributed by atoms with E-state index in [0.717, 1.165) is 22.9 Å². The van der Waals surface area contributed by atoms with Gasteiger partial charge in [-0.2, -0.15) is 0 Å². The first kappa shape index (κ1) is 18.8. The number of hydrogen-bond acceptors (Lipinski definition) is 3. The number of hydrogen-bond donors (Lipinski definition) is 3. The second kappa shape index (κ2) is 8.02. The van der Waals surface area contributed by atoms with Crippen LogP contribution in [0.25, 0.3) is 0 Å². The molecule has 0 spiro atoms. The fraction of sp³-hybridized carbons (Fsp3) is 0.278. The Bertz CT molecular complexity index is 850. The highest BCUT2D eigenvalue weighted by atomic mass is 32.2. The molecule has 2 amide bonds. The molecule has 1 unspecified atom stereocenters. The van der Waals surface area contributed by atoms with Crippen molar-refractivity contribution in [1.29, 1.82) is 0 Å². The Morgan fingerprint density at radius 1 is 1.12 bits per heavy atom. The van der Waals surface area contributed by atoms with Gasteiger partial charge in [-0.15, -0.1) is 0 Å². The fourth-order valence-electron chi connectivity index (χ4n) is 2.42. The van der Waals surface area contributed by atoms with Crippen molar-refractivity contribution in [1.82, 2.24) is 10.6 Å². The first-order valence-corrected chi connectivity index (χ1v) is 9.80. The number of aryl methyl sites for hydroxylation is 1. The Morgan fingerprint density at radius 3 is 2.52 bits per heavy atom. The van der Waals surface area contributed by atoms with Crippen LogP contribution in [0.3, 0.4) is 0 Å². The van der Waals surface area contributed by atoms with Crippen molar-refractivity contribution in [2.45, 2.75) is 26.4 Å². The number of benzene rings is 2. The second-order valence-corrected chi connectivity index (χ2v) is 7.79. The highest BCUT2D eigenvalue weighted by Crippen LogP contribution is 2.18. The van der Waals surface area contributed by atoms with E-state index in [-0.39, 0.29) is 12.1 Å². The van der Waals surface area contributed by atoms with Gasteiger partial charge in [0.2, 0.25) is 10.0 Å². The molecule has 0 saturated carbocycles. The van der Waals surface area contributed by atoms with Gasteiger partial charge in [0.25, 0.3) is 0 Å². The Labute approximate surface area is 148 Å². The molecule has 0 aliphatic heterocycles. The minimum Gasteiger partial charge on any atom is -0.334 e. The summed E-state index contributed by atoms with van der Waals surface area (Å²) < 4.78 is 25.1. The Kier molecular flexibility index (Phi) is 6.03. The van der Waals surface area contributed by atoms with Gasteiger partial charge in [0, 0.05) is 12.2 Å². The minimum absolute atomic E-state index is 0.265. The smallest absolute Gasteiger partial charge is 0.315 e. The molecule has 2 rings (SSSR count). The first-order chi connectivity index (χ1) is 11.7. The number of urea groups is 1. The lowest BCUT2D eigenvalue weighted by molar-refractivity contribution is 0.237. The predicted octanol–water partition coefficient (Wildman–Crippen LogP) is 2.93. The summed E-state index contributed by atoms with van der Waals surface area (Å²) in [5.41, 5.74) is 3.44. The summed E-state index contributed by atoms with van der Waals surface area (Å²) in [7, 11) is -3.34. The van der Waals surface area contributed by atoms with E-state index in [0.29, 0.717) is 12.2 Å². The van der Waals surface area contributed by atoms with E-state index in [1.807, 2.05) is 44.2 Å². The number of sulfonamides is 1. The lowest BCUT2D eigenvalue weighted by Gasteiger charge is -2.16. The summed E-state index contributed by atoms with van der Waals surface area (Å²) in [6.07, 6.45) is 1.10. The molecule has 3 N–H and O–H groups in total. The molecule has 25 heavy (non-hydrogen) atoms. The van der Waals surface area contributed by atoms with Gasteiger partial charge >= 0.3 is 6.03 Å². The first-order valence-electron chi connectivity index (χ1n) is 7.90. The third-order valence-corrected chi connectivity index (χ3v) is 4.18. The largest absolute Gasteiger partial charge is 0.334 e. The van der Waals surface area contributed by atoms with Crippen molar-refractivity contribution < 1.29 is 13.2 Å². The molecular weight excluding hydrogens is 338 g/mol. The van der Waals surface area contributed by atoms with E-state index in [2.05, 4.69) is 15.4 Å². The topological polar surface area (TPSA) is 87.3 Å². The molecule has 0 fully saturated rings. The van der Waals surface area contributed by atoms with Gasteiger partial charge in [-0.25, -0.2) is 13.2 Å². The van der Waals surface area contributed by atoms with Crippen molar-refractivity contribution in [3.05, 3.63) is 65.2 Å². The number of carbonyl (C=O) groups excluding carboxylic acids is 1. The van der Waals surface area contributed by atoms with Crippen LogP contribution in [0.4, 0.5) is 10.5 Å². The summed E-state index contributed by atoms with van der Waals surface area (Å²) >= 11 is 0. The van der Waals surface area contributed by atoms with E-state index in [4.69, 9.17) is 0 Å². The quantitative estimate of drug-likeness (QED) is 0.739. The summed E-state index contributed by atoms with van der Waals surface area (Å²) in [5, 5.41) is 5.66. The molecule has 0 aliphatic rings. The van der Waals surface area contributed by atoms with Gasteiger partial charge in [-0.05, 0) is 37.1 Å². The summed E-state index contributed by atoms with van der Waals surface area (Å²) in [5.74, 6) is 0. The molecule has 0 saturated heterocycles. The molecule has 134 valence electrons. The van der Waals surface area contributed by atoms with Gasteiger partial charge in [-0.1, -0.05) is 42.0 Å². The molecule has 0 aromatic heterocycles. The Morgan fingerprint density at radius 2 is 1.84 bits per heavy atom. The lowest BCUT2D eigenvalue weighted by Crippen LogP contribution is -2.36. The van der Waals surface area contributed by atoms with Crippen LogP contribution >= 0.6 is 0 Å². The maximum Gasteiger partial charge on any atom is 0.315 e. The summed E-state index contributed by atoms with van der Waals surface area (Å²) in [4.78, 5) is 12.1. The normalized spacial score (nSPS) is 12.3. The maximum absolute atomic E-state index is 12.1. The molecule has 6 nitrogen and oxygen atoms in total. The van der Waals surface area contributed by atoms with Gasteiger partial charge in [0.05, 0.1) is 12.3 Å². The molecule has 0 heterocycles. The molecule has 2 aromatic rings. The summed E-state index contributed by atoms with van der Waals surface area (Å²) in [6.45, 7) is 4.28. The molecule has 0 radical (unpaired) electrons. The van der Waals surface area contributed by atoms with Crippen LogP contribution < -0.4 is 15.4 Å². The van der Waals surface area contributed by atoms with Crippen LogP contribution in [-0.4, -0.2) is 20.7 Å². The number of nitrogens with one attached hydrogen (secondary N) is 3. The van der Waals surface area contributed by atoms with Crippen LogP contribution in [0.15, 0.2) is 48.5 Å². The van der Waals surface area contributed by atoms with Gasteiger partial charge in [-0.3, -0.25) is 4.72 Å². The Balaban J connectivity index is 1.93. The van der Waals surface area contributed by atoms with Crippen LogP contribution in [-0.2, 0) is 16.6 Å². The average molecular weight is 361 g/mol. The minimum atomic E-state index is -3.34. The maximum atomic E-state index is 12.1. The number of anilines is 1. The van der Waals surface area contributed by atoms with Gasteiger partial charge in [0.1, 0.15) is 0 Å². The van der Waals surface area contributed by atoms with Gasteiger partial charge in [0.15, 0.2) is 0 Å². The standard InChI is InChI=1S/C18H23N3O3S/c1-13-6-4-7-15(10-13)12-19-18(22)20-14(2)16-8-5-9-17(11-16)21-25(3,23)24/h4-11,14,21H,12H2,1-3H3,(H2,19,20,22). The molecule has 0 bridgehead atoms. The van der Waals surface area contributed by atoms with E-state index in [1.165, 1.54) is 0 Å². The van der Waals surface area contributed by atoms with Crippen LogP contribution in [0.5, 0.6) is 0 Å². The van der Waals surface area contributed by atoms with E-state index in [1.54, 1.807) is 18.2 Å². The molecule has 1 atom stereocenters. The molecule has 7 heteroatoms. The molecular formula is C18H23N3O3S. The molecule has 0 aliphatic carbocycles. The third-order valence-electron chi connectivity index (χ3n) is 3.57. The number of amides is 2. The monoisotopic (exact) mass is 361 g/mol. The highest BCUT2D eigenvalue weighted by Gasteiger charge is 2.11.